The third kappa shape index (κ3) is 1.33. The zero-order chi connectivity index (χ0) is 12.0. The van der Waals surface area contributed by atoms with Gasteiger partial charge in [-0.3, -0.25) is 4.79 Å². The maximum Gasteiger partial charge on any atom is 0.312 e. The lowest BCUT2D eigenvalue weighted by molar-refractivity contribution is -0.154. The molecule has 3 fully saturated rings. The van der Waals surface area contributed by atoms with Crippen molar-refractivity contribution in [3.63, 3.8) is 0 Å². The Hall–Kier alpha value is -1.42. The van der Waals surface area contributed by atoms with Crippen LogP contribution < -0.4 is 0 Å². The van der Waals surface area contributed by atoms with E-state index >= 15 is 0 Å². The fourth-order valence-corrected chi connectivity index (χ4v) is 3.03. The largest absolute Gasteiger partial charge is 0.469 e. The molecule has 3 atom stereocenters. The van der Waals surface area contributed by atoms with Crippen LogP contribution >= 0.6 is 0 Å². The first-order valence-electron chi connectivity index (χ1n) is 5.63. The van der Waals surface area contributed by atoms with Gasteiger partial charge in [-0.05, 0) is 24.1 Å². The molecule has 1 saturated carbocycles. The number of carbonyl (C=O) groups excluding carboxylic acids is 1. The predicted octanol–water partition coefficient (Wildman–Crippen LogP) is 1.66. The van der Waals surface area contributed by atoms with E-state index < -0.39 is 0 Å². The first-order chi connectivity index (χ1) is 8.17. The summed E-state index contributed by atoms with van der Waals surface area (Å²) in [7, 11) is 1.39. The van der Waals surface area contributed by atoms with Gasteiger partial charge in [0.2, 0.25) is 0 Å². The highest BCUT2D eigenvalue weighted by molar-refractivity contribution is 5.78. The van der Waals surface area contributed by atoms with Crippen molar-refractivity contribution in [2.45, 2.75) is 17.9 Å². The summed E-state index contributed by atoms with van der Waals surface area (Å²) in [6, 6.07) is 6.31. The molecule has 3 aliphatic rings. The van der Waals surface area contributed by atoms with Gasteiger partial charge in [-0.15, -0.1) is 0 Å². The van der Waals surface area contributed by atoms with E-state index in [1.165, 1.54) is 19.2 Å². The Labute approximate surface area is 98.5 Å². The Morgan fingerprint density at radius 2 is 2.18 bits per heavy atom. The van der Waals surface area contributed by atoms with E-state index in [1.807, 2.05) is 0 Å². The van der Waals surface area contributed by atoms with Gasteiger partial charge in [0.05, 0.1) is 25.7 Å². The SMILES string of the molecule is COC(=O)[C@@H]1[C@H]2C[C@]1(c1ccc(F)cc1)CO2. The Bertz CT molecular complexity index is 452. The minimum absolute atomic E-state index is 0.0347. The van der Waals surface area contributed by atoms with Crippen LogP contribution in [0.5, 0.6) is 0 Å². The van der Waals surface area contributed by atoms with Gasteiger partial charge in [0.25, 0.3) is 0 Å². The number of methoxy groups -OCH3 is 1. The molecule has 17 heavy (non-hydrogen) atoms. The molecular weight excluding hydrogens is 223 g/mol. The standard InChI is InChI=1S/C13H13FO3/c1-16-12(15)11-10-6-13(11,7-17-10)8-2-4-9(14)5-3-8/h2-5,10-11H,6-7H2,1H3/t10-,11+,13-/m1/s1. The zero-order valence-corrected chi connectivity index (χ0v) is 9.48. The van der Waals surface area contributed by atoms with E-state index in [-0.39, 0.29) is 29.2 Å². The number of fused-ring (bicyclic) bond motifs is 1. The maximum absolute atomic E-state index is 12.9. The summed E-state index contributed by atoms with van der Waals surface area (Å²) in [6.45, 7) is 0.517. The highest BCUT2D eigenvalue weighted by Gasteiger charge is 2.65. The molecule has 2 bridgehead atoms. The molecule has 3 nitrogen and oxygen atoms in total. The summed E-state index contributed by atoms with van der Waals surface area (Å²) in [5, 5.41) is 0. The number of halogens is 1. The molecule has 1 aromatic rings. The molecule has 1 aromatic carbocycles. The zero-order valence-electron chi connectivity index (χ0n) is 9.48. The van der Waals surface area contributed by atoms with Crippen molar-refractivity contribution in [2.24, 2.45) is 5.92 Å². The van der Waals surface area contributed by atoms with Crippen molar-refractivity contribution in [3.05, 3.63) is 35.6 Å². The quantitative estimate of drug-likeness (QED) is 0.732. The number of benzene rings is 1. The Balaban J connectivity index is 1.96. The fourth-order valence-electron chi connectivity index (χ4n) is 3.03. The van der Waals surface area contributed by atoms with Crippen LogP contribution in [0.2, 0.25) is 0 Å². The molecule has 2 saturated heterocycles. The average molecular weight is 236 g/mol. The van der Waals surface area contributed by atoms with Crippen LogP contribution in [0, 0.1) is 11.7 Å². The van der Waals surface area contributed by atoms with Crippen LogP contribution in [0.4, 0.5) is 4.39 Å². The summed E-state index contributed by atoms with van der Waals surface area (Å²) >= 11 is 0. The van der Waals surface area contributed by atoms with Gasteiger partial charge in [0.15, 0.2) is 0 Å². The number of ether oxygens (including phenoxy) is 2. The minimum atomic E-state index is -0.300. The second-order valence-electron chi connectivity index (χ2n) is 4.72. The molecule has 4 heteroatoms. The van der Waals surface area contributed by atoms with Crippen molar-refractivity contribution in [3.8, 4) is 0 Å². The van der Waals surface area contributed by atoms with Crippen LogP contribution in [0.3, 0.4) is 0 Å². The Morgan fingerprint density at radius 1 is 1.47 bits per heavy atom. The highest BCUT2D eigenvalue weighted by Crippen LogP contribution is 2.56. The monoisotopic (exact) mass is 236 g/mol. The van der Waals surface area contributed by atoms with Crippen LogP contribution in [0.1, 0.15) is 12.0 Å². The number of hydrogen-bond acceptors (Lipinski definition) is 3. The van der Waals surface area contributed by atoms with Crippen LogP contribution in [0.15, 0.2) is 24.3 Å². The Morgan fingerprint density at radius 3 is 2.76 bits per heavy atom. The summed E-state index contributed by atoms with van der Waals surface area (Å²) in [5.74, 6) is -0.740. The van der Waals surface area contributed by atoms with Gasteiger partial charge in [0, 0.05) is 5.41 Å². The smallest absolute Gasteiger partial charge is 0.312 e. The van der Waals surface area contributed by atoms with Gasteiger partial charge >= 0.3 is 5.97 Å². The molecule has 0 radical (unpaired) electrons. The van der Waals surface area contributed by atoms with Crippen LogP contribution in [0.25, 0.3) is 0 Å². The molecule has 90 valence electrons. The number of rotatable bonds is 2. The third-order valence-electron chi connectivity index (χ3n) is 3.96. The molecule has 0 spiro atoms. The molecule has 0 aromatic heterocycles. The minimum Gasteiger partial charge on any atom is -0.469 e. The fraction of sp³-hybridized carbons (Fsp3) is 0.462. The summed E-state index contributed by atoms with van der Waals surface area (Å²) in [4.78, 5) is 11.7. The van der Waals surface area contributed by atoms with Gasteiger partial charge in [-0.25, -0.2) is 4.39 Å². The van der Waals surface area contributed by atoms with E-state index in [0.717, 1.165) is 12.0 Å². The lowest BCUT2D eigenvalue weighted by atomic mass is 9.57. The van der Waals surface area contributed by atoms with E-state index in [4.69, 9.17) is 9.47 Å². The maximum atomic E-state index is 12.9. The predicted molar refractivity (Wildman–Crippen MR) is 57.9 cm³/mol. The summed E-state index contributed by atoms with van der Waals surface area (Å²) < 4.78 is 23.3. The van der Waals surface area contributed by atoms with Crippen molar-refractivity contribution in [1.29, 1.82) is 0 Å². The van der Waals surface area contributed by atoms with E-state index in [1.54, 1.807) is 12.1 Å². The molecule has 2 heterocycles. The molecule has 0 N–H and O–H groups in total. The first kappa shape index (κ1) is 10.7. The van der Waals surface area contributed by atoms with Crippen molar-refractivity contribution in [2.75, 3.05) is 13.7 Å². The number of esters is 1. The van der Waals surface area contributed by atoms with Crippen LogP contribution in [-0.4, -0.2) is 25.8 Å². The van der Waals surface area contributed by atoms with Crippen molar-refractivity contribution >= 4 is 5.97 Å². The Kier molecular flexibility index (Phi) is 2.23. The lowest BCUT2D eigenvalue weighted by Crippen LogP contribution is -2.52. The number of carbonyl (C=O) groups is 1. The average Bonchev–Trinajstić information content (AvgIpc) is 2.89. The molecule has 1 aliphatic carbocycles. The second-order valence-corrected chi connectivity index (χ2v) is 4.72. The van der Waals surface area contributed by atoms with Gasteiger partial charge in [-0.1, -0.05) is 12.1 Å². The molecule has 4 rings (SSSR count). The van der Waals surface area contributed by atoms with Crippen molar-refractivity contribution < 1.29 is 18.7 Å². The van der Waals surface area contributed by atoms with E-state index in [9.17, 15) is 9.18 Å². The summed E-state index contributed by atoms with van der Waals surface area (Å²) in [6.07, 6.45) is 0.783. The highest BCUT2D eigenvalue weighted by atomic mass is 19.1. The van der Waals surface area contributed by atoms with E-state index in [0.29, 0.717) is 6.61 Å². The van der Waals surface area contributed by atoms with Gasteiger partial charge in [0.1, 0.15) is 5.82 Å². The number of hydrogen-bond donors (Lipinski definition) is 0. The molecular formula is C13H13FO3. The second kappa shape index (κ2) is 3.53. The van der Waals surface area contributed by atoms with Crippen molar-refractivity contribution in [1.82, 2.24) is 0 Å². The molecule has 0 amide bonds. The summed E-state index contributed by atoms with van der Waals surface area (Å²) in [5.41, 5.74) is 0.661. The third-order valence-corrected chi connectivity index (χ3v) is 3.96. The molecule has 2 aliphatic heterocycles. The molecule has 0 unspecified atom stereocenters. The van der Waals surface area contributed by atoms with Gasteiger partial charge in [-0.2, -0.15) is 0 Å². The van der Waals surface area contributed by atoms with Gasteiger partial charge < -0.3 is 9.47 Å². The topological polar surface area (TPSA) is 35.5 Å². The van der Waals surface area contributed by atoms with E-state index in [2.05, 4.69) is 0 Å². The lowest BCUT2D eigenvalue weighted by Gasteiger charge is -2.43. The normalized spacial score (nSPS) is 34.2. The first-order valence-corrected chi connectivity index (χ1v) is 5.63. The van der Waals surface area contributed by atoms with Crippen LogP contribution in [-0.2, 0) is 19.7 Å².